The molecule has 0 aliphatic carbocycles. The highest BCUT2D eigenvalue weighted by molar-refractivity contribution is 7.18. The number of nitrogens with zero attached hydrogens (tertiary/aromatic N) is 1. The molecule has 0 amide bonds. The van der Waals surface area contributed by atoms with Gasteiger partial charge < -0.3 is 4.74 Å². The van der Waals surface area contributed by atoms with Gasteiger partial charge in [-0.1, -0.05) is 24.3 Å². The zero-order valence-electron chi connectivity index (χ0n) is 11.7. The van der Waals surface area contributed by atoms with Gasteiger partial charge >= 0.3 is 0 Å². The van der Waals surface area contributed by atoms with Crippen molar-refractivity contribution in [1.82, 2.24) is 4.98 Å². The molecule has 21 heavy (non-hydrogen) atoms. The molecule has 0 atom stereocenters. The average Bonchev–Trinajstić information content (AvgIpc) is 2.89. The molecule has 0 spiro atoms. The van der Waals surface area contributed by atoms with Crippen LogP contribution in [0.15, 0.2) is 48.5 Å². The van der Waals surface area contributed by atoms with Gasteiger partial charge in [-0.05, 0) is 29.8 Å². The van der Waals surface area contributed by atoms with Gasteiger partial charge in [-0.15, -0.1) is 11.3 Å². The number of carbonyl (C=O) groups excluding carboxylic acids is 1. The molecule has 3 rings (SSSR count). The fraction of sp³-hybridized carbons (Fsp3) is 0.176. The molecule has 3 nitrogen and oxygen atoms in total. The van der Waals surface area contributed by atoms with Crippen LogP contribution in [0.25, 0.3) is 10.2 Å². The molecule has 0 unspecified atom stereocenters. The van der Waals surface area contributed by atoms with Crippen molar-refractivity contribution in [2.45, 2.75) is 12.8 Å². The van der Waals surface area contributed by atoms with E-state index in [0.29, 0.717) is 12.8 Å². The van der Waals surface area contributed by atoms with E-state index in [1.54, 1.807) is 18.4 Å². The smallest absolute Gasteiger partial charge is 0.144 e. The van der Waals surface area contributed by atoms with Gasteiger partial charge in [0.05, 0.1) is 23.7 Å². The van der Waals surface area contributed by atoms with E-state index in [4.69, 9.17) is 4.74 Å². The summed E-state index contributed by atoms with van der Waals surface area (Å²) in [5, 5.41) is 0.879. The third-order valence-electron chi connectivity index (χ3n) is 3.22. The molecule has 0 bridgehead atoms. The fourth-order valence-corrected chi connectivity index (χ4v) is 3.23. The quantitative estimate of drug-likeness (QED) is 0.721. The van der Waals surface area contributed by atoms with E-state index in [2.05, 4.69) is 4.98 Å². The molecule has 0 aliphatic rings. The number of fused-ring (bicyclic) bond motifs is 1. The van der Waals surface area contributed by atoms with Gasteiger partial charge in [0.15, 0.2) is 0 Å². The summed E-state index contributed by atoms with van der Waals surface area (Å²) in [6, 6.07) is 15.6. The third kappa shape index (κ3) is 3.28. The highest BCUT2D eigenvalue weighted by Gasteiger charge is 2.10. The lowest BCUT2D eigenvalue weighted by atomic mass is 10.1. The lowest BCUT2D eigenvalue weighted by molar-refractivity contribution is -0.117. The first-order valence-corrected chi connectivity index (χ1v) is 7.55. The monoisotopic (exact) mass is 297 g/mol. The van der Waals surface area contributed by atoms with Crippen molar-refractivity contribution in [1.29, 1.82) is 0 Å². The van der Waals surface area contributed by atoms with Gasteiger partial charge in [-0.2, -0.15) is 0 Å². The Bertz CT molecular complexity index is 746. The minimum absolute atomic E-state index is 0.169. The molecule has 0 saturated carbocycles. The van der Waals surface area contributed by atoms with Crippen LogP contribution in [0.1, 0.15) is 10.6 Å². The second-order valence-corrected chi connectivity index (χ2v) is 5.93. The van der Waals surface area contributed by atoms with Crippen LogP contribution >= 0.6 is 11.3 Å². The Labute approximate surface area is 127 Å². The van der Waals surface area contributed by atoms with Crippen LogP contribution in [0.3, 0.4) is 0 Å². The van der Waals surface area contributed by atoms with Crippen LogP contribution in [-0.2, 0) is 17.6 Å². The lowest BCUT2D eigenvalue weighted by Crippen LogP contribution is -2.06. The Morgan fingerprint density at radius 1 is 1.14 bits per heavy atom. The summed E-state index contributed by atoms with van der Waals surface area (Å²) in [5.74, 6) is 0.947. The summed E-state index contributed by atoms with van der Waals surface area (Å²) in [5.41, 5.74) is 1.94. The second-order valence-electron chi connectivity index (χ2n) is 4.82. The maximum Gasteiger partial charge on any atom is 0.144 e. The summed E-state index contributed by atoms with van der Waals surface area (Å²) in [6.07, 6.45) is 0.795. The van der Waals surface area contributed by atoms with Gasteiger partial charge in [0, 0.05) is 6.42 Å². The number of thiazole rings is 1. The number of aromatic nitrogens is 1. The predicted molar refractivity (Wildman–Crippen MR) is 85.0 cm³/mol. The standard InChI is InChI=1S/C17H15NO2S/c1-20-14-6-4-5-12(10-14)9-13(19)11-17-18-15-7-2-3-8-16(15)21-17/h2-8,10H,9,11H2,1H3. The predicted octanol–water partition coefficient (Wildman–Crippen LogP) is 3.66. The van der Waals surface area contributed by atoms with Crippen LogP contribution in [0.4, 0.5) is 0 Å². The number of ether oxygens (including phenoxy) is 1. The van der Waals surface area contributed by atoms with Crippen molar-refractivity contribution in [3.05, 3.63) is 59.1 Å². The van der Waals surface area contributed by atoms with Crippen LogP contribution in [-0.4, -0.2) is 17.9 Å². The molecule has 0 saturated heterocycles. The molecule has 1 heterocycles. The summed E-state index contributed by atoms with van der Waals surface area (Å²) in [4.78, 5) is 16.7. The Morgan fingerprint density at radius 2 is 2.00 bits per heavy atom. The SMILES string of the molecule is COc1cccc(CC(=O)Cc2nc3ccccc3s2)c1. The van der Waals surface area contributed by atoms with E-state index in [0.717, 1.165) is 26.5 Å². The Balaban J connectivity index is 1.70. The third-order valence-corrected chi connectivity index (χ3v) is 4.26. The number of Topliss-reactive ketones (excluding diaryl/α,β-unsaturated/α-hetero) is 1. The zero-order chi connectivity index (χ0) is 14.7. The first kappa shape index (κ1) is 13.8. The van der Waals surface area contributed by atoms with E-state index < -0.39 is 0 Å². The van der Waals surface area contributed by atoms with Gasteiger partial charge in [-0.25, -0.2) is 4.98 Å². The second kappa shape index (κ2) is 6.06. The van der Waals surface area contributed by atoms with Crippen LogP contribution in [0.2, 0.25) is 0 Å². The van der Waals surface area contributed by atoms with Crippen molar-refractivity contribution in [3.63, 3.8) is 0 Å². The first-order valence-electron chi connectivity index (χ1n) is 6.73. The zero-order valence-corrected chi connectivity index (χ0v) is 12.5. The van der Waals surface area contributed by atoms with Gasteiger partial charge in [-0.3, -0.25) is 4.79 Å². The molecule has 0 N–H and O–H groups in total. The molecule has 0 aliphatic heterocycles. The van der Waals surface area contributed by atoms with E-state index in [9.17, 15) is 4.79 Å². The van der Waals surface area contributed by atoms with Crippen molar-refractivity contribution in [2.24, 2.45) is 0 Å². The van der Waals surface area contributed by atoms with E-state index >= 15 is 0 Å². The number of hydrogen-bond acceptors (Lipinski definition) is 4. The van der Waals surface area contributed by atoms with E-state index in [1.807, 2.05) is 48.5 Å². The summed E-state index contributed by atoms with van der Waals surface area (Å²) in [7, 11) is 1.63. The molecule has 4 heteroatoms. The molecular weight excluding hydrogens is 282 g/mol. The van der Waals surface area contributed by atoms with E-state index in [1.165, 1.54) is 0 Å². The number of methoxy groups -OCH3 is 1. The average molecular weight is 297 g/mol. The topological polar surface area (TPSA) is 39.2 Å². The van der Waals surface area contributed by atoms with Gasteiger partial charge in [0.1, 0.15) is 16.5 Å². The Kier molecular flexibility index (Phi) is 3.97. The molecule has 1 aromatic heterocycles. The molecule has 3 aromatic rings. The number of carbonyl (C=O) groups is 1. The summed E-state index contributed by atoms with van der Waals surface area (Å²) < 4.78 is 6.30. The number of rotatable bonds is 5. The van der Waals surface area contributed by atoms with Gasteiger partial charge in [0.2, 0.25) is 0 Å². The molecule has 0 radical (unpaired) electrons. The maximum atomic E-state index is 12.2. The fourth-order valence-electron chi connectivity index (χ4n) is 2.24. The van der Waals surface area contributed by atoms with Crippen LogP contribution in [0, 0.1) is 0 Å². The number of ketones is 1. The van der Waals surface area contributed by atoms with Gasteiger partial charge in [0.25, 0.3) is 0 Å². The normalized spacial score (nSPS) is 10.7. The Hall–Kier alpha value is -2.20. The molecule has 106 valence electrons. The summed E-state index contributed by atoms with van der Waals surface area (Å²) in [6.45, 7) is 0. The molecule has 2 aromatic carbocycles. The lowest BCUT2D eigenvalue weighted by Gasteiger charge is -2.03. The first-order chi connectivity index (χ1) is 10.2. The van der Waals surface area contributed by atoms with Crippen LogP contribution < -0.4 is 4.74 Å². The Morgan fingerprint density at radius 3 is 2.81 bits per heavy atom. The highest BCUT2D eigenvalue weighted by Crippen LogP contribution is 2.22. The van der Waals surface area contributed by atoms with E-state index in [-0.39, 0.29) is 5.78 Å². The van der Waals surface area contributed by atoms with Crippen molar-refractivity contribution in [2.75, 3.05) is 7.11 Å². The largest absolute Gasteiger partial charge is 0.497 e. The molecular formula is C17H15NO2S. The van der Waals surface area contributed by atoms with Crippen molar-refractivity contribution >= 4 is 27.3 Å². The summed E-state index contributed by atoms with van der Waals surface area (Å²) >= 11 is 1.59. The highest BCUT2D eigenvalue weighted by atomic mass is 32.1. The van der Waals surface area contributed by atoms with Crippen molar-refractivity contribution < 1.29 is 9.53 Å². The minimum Gasteiger partial charge on any atom is -0.497 e. The molecule has 0 fully saturated rings. The number of para-hydroxylation sites is 1. The van der Waals surface area contributed by atoms with Crippen LogP contribution in [0.5, 0.6) is 5.75 Å². The maximum absolute atomic E-state index is 12.2. The minimum atomic E-state index is 0.169. The van der Waals surface area contributed by atoms with Crippen molar-refractivity contribution in [3.8, 4) is 5.75 Å². The number of benzene rings is 2. The number of hydrogen-bond donors (Lipinski definition) is 0.